The molecule has 18 heavy (non-hydrogen) atoms. The van der Waals surface area contributed by atoms with Crippen molar-refractivity contribution in [3.8, 4) is 0 Å². The molecule has 0 spiro atoms. The number of benzene rings is 1. The average Bonchev–Trinajstić information content (AvgIpc) is 2.38. The van der Waals surface area contributed by atoms with Gasteiger partial charge in [0.1, 0.15) is 0 Å². The molecule has 0 aliphatic heterocycles. The van der Waals surface area contributed by atoms with Crippen molar-refractivity contribution < 1.29 is 4.79 Å². The van der Waals surface area contributed by atoms with Crippen LogP contribution in [0.4, 0.5) is 0 Å². The molecule has 0 aromatic heterocycles. The van der Waals surface area contributed by atoms with Gasteiger partial charge in [-0.25, -0.2) is 0 Å². The van der Waals surface area contributed by atoms with Crippen LogP contribution in [0.2, 0.25) is 0 Å². The lowest BCUT2D eigenvalue weighted by molar-refractivity contribution is -0.125. The van der Waals surface area contributed by atoms with E-state index in [1.54, 1.807) is 0 Å². The summed E-state index contributed by atoms with van der Waals surface area (Å²) in [5.41, 5.74) is 6.77. The first kappa shape index (κ1) is 14.7. The van der Waals surface area contributed by atoms with E-state index in [-0.39, 0.29) is 17.9 Å². The Morgan fingerprint density at radius 1 is 1.22 bits per heavy atom. The monoisotopic (exact) mass is 248 g/mol. The van der Waals surface area contributed by atoms with Gasteiger partial charge in [-0.15, -0.1) is 0 Å². The Hall–Kier alpha value is -1.35. The predicted molar refractivity (Wildman–Crippen MR) is 75.2 cm³/mol. The van der Waals surface area contributed by atoms with Crippen LogP contribution >= 0.6 is 0 Å². The minimum absolute atomic E-state index is 0.00850. The number of hydrogen-bond donors (Lipinski definition) is 2. The summed E-state index contributed by atoms with van der Waals surface area (Å²) in [6.45, 7) is 4.54. The van der Waals surface area contributed by atoms with Gasteiger partial charge in [-0.3, -0.25) is 4.79 Å². The van der Waals surface area contributed by atoms with Crippen LogP contribution in [0.1, 0.15) is 32.3 Å². The van der Waals surface area contributed by atoms with E-state index in [0.29, 0.717) is 6.54 Å². The van der Waals surface area contributed by atoms with E-state index >= 15 is 0 Å². The number of aryl methyl sites for hydroxylation is 1. The highest BCUT2D eigenvalue weighted by Crippen LogP contribution is 2.06. The normalized spacial score (nSPS) is 13.9. The standard InChI is InChI=1S/C15H24N2O/c1-12(10-11-16)15(18)17-13(2)8-9-14-6-4-3-5-7-14/h3-7,12-13H,8-11,16H2,1-2H3,(H,17,18). The fraction of sp³-hybridized carbons (Fsp3) is 0.533. The summed E-state index contributed by atoms with van der Waals surface area (Å²) >= 11 is 0. The molecule has 1 aromatic carbocycles. The van der Waals surface area contributed by atoms with Gasteiger partial charge < -0.3 is 11.1 Å². The molecule has 1 rings (SSSR count). The highest BCUT2D eigenvalue weighted by atomic mass is 16.1. The second-order valence-electron chi connectivity index (χ2n) is 4.91. The van der Waals surface area contributed by atoms with Crippen molar-refractivity contribution in [2.24, 2.45) is 11.7 Å². The molecule has 100 valence electrons. The molecule has 0 saturated carbocycles. The molecular formula is C15H24N2O. The first-order valence-electron chi connectivity index (χ1n) is 6.68. The van der Waals surface area contributed by atoms with Crippen molar-refractivity contribution in [2.45, 2.75) is 39.2 Å². The van der Waals surface area contributed by atoms with Gasteiger partial charge in [0.05, 0.1) is 0 Å². The molecular weight excluding hydrogens is 224 g/mol. The van der Waals surface area contributed by atoms with E-state index < -0.39 is 0 Å². The van der Waals surface area contributed by atoms with Gasteiger partial charge in [-0.2, -0.15) is 0 Å². The molecule has 0 aliphatic carbocycles. The van der Waals surface area contributed by atoms with Crippen molar-refractivity contribution in [3.05, 3.63) is 35.9 Å². The minimum atomic E-state index is 0.00850. The van der Waals surface area contributed by atoms with Crippen molar-refractivity contribution in [1.29, 1.82) is 0 Å². The third-order valence-corrected chi connectivity index (χ3v) is 3.14. The lowest BCUT2D eigenvalue weighted by Gasteiger charge is -2.17. The number of rotatable bonds is 7. The second-order valence-corrected chi connectivity index (χ2v) is 4.91. The Bertz CT molecular complexity index is 351. The first-order chi connectivity index (χ1) is 8.63. The van der Waals surface area contributed by atoms with Gasteiger partial charge in [0.25, 0.3) is 0 Å². The van der Waals surface area contributed by atoms with Crippen LogP contribution in [0.3, 0.4) is 0 Å². The van der Waals surface area contributed by atoms with Crippen molar-refractivity contribution in [2.75, 3.05) is 6.54 Å². The second kappa shape index (κ2) is 7.88. The molecule has 1 amide bonds. The number of amides is 1. The fourth-order valence-corrected chi connectivity index (χ4v) is 1.87. The van der Waals surface area contributed by atoms with Gasteiger partial charge in [0.2, 0.25) is 5.91 Å². The van der Waals surface area contributed by atoms with E-state index in [4.69, 9.17) is 5.73 Å². The Morgan fingerprint density at radius 3 is 2.50 bits per heavy atom. The van der Waals surface area contributed by atoms with Crippen LogP contribution in [-0.4, -0.2) is 18.5 Å². The van der Waals surface area contributed by atoms with Gasteiger partial charge in [0.15, 0.2) is 0 Å². The van der Waals surface area contributed by atoms with Gasteiger partial charge in [-0.1, -0.05) is 37.3 Å². The van der Waals surface area contributed by atoms with Crippen LogP contribution in [0, 0.1) is 5.92 Å². The van der Waals surface area contributed by atoms with Gasteiger partial charge in [0, 0.05) is 12.0 Å². The highest BCUT2D eigenvalue weighted by Gasteiger charge is 2.14. The third-order valence-electron chi connectivity index (χ3n) is 3.14. The number of hydrogen-bond acceptors (Lipinski definition) is 2. The molecule has 3 heteroatoms. The molecule has 3 nitrogen and oxygen atoms in total. The Morgan fingerprint density at radius 2 is 1.89 bits per heavy atom. The molecule has 0 saturated heterocycles. The molecule has 3 N–H and O–H groups in total. The molecule has 2 unspecified atom stereocenters. The van der Waals surface area contributed by atoms with E-state index in [0.717, 1.165) is 19.3 Å². The highest BCUT2D eigenvalue weighted by molar-refractivity contribution is 5.78. The largest absolute Gasteiger partial charge is 0.353 e. The summed E-state index contributed by atoms with van der Waals surface area (Å²) < 4.78 is 0. The van der Waals surface area contributed by atoms with Gasteiger partial charge >= 0.3 is 0 Å². The molecule has 2 atom stereocenters. The van der Waals surface area contributed by atoms with Crippen LogP contribution in [-0.2, 0) is 11.2 Å². The molecule has 1 aromatic rings. The van der Waals surface area contributed by atoms with E-state index in [2.05, 4.69) is 24.4 Å². The van der Waals surface area contributed by atoms with Crippen molar-refractivity contribution >= 4 is 5.91 Å². The lowest BCUT2D eigenvalue weighted by Crippen LogP contribution is -2.37. The summed E-state index contributed by atoms with van der Waals surface area (Å²) in [7, 11) is 0. The maximum Gasteiger partial charge on any atom is 0.223 e. The number of carbonyl (C=O) groups excluding carboxylic acids is 1. The zero-order valence-electron chi connectivity index (χ0n) is 11.4. The first-order valence-corrected chi connectivity index (χ1v) is 6.68. The van der Waals surface area contributed by atoms with Gasteiger partial charge in [-0.05, 0) is 38.3 Å². The molecule has 0 radical (unpaired) electrons. The molecule has 0 fully saturated rings. The maximum atomic E-state index is 11.8. The van der Waals surface area contributed by atoms with Crippen LogP contribution in [0.5, 0.6) is 0 Å². The van der Waals surface area contributed by atoms with E-state index in [1.807, 2.05) is 25.1 Å². The minimum Gasteiger partial charge on any atom is -0.353 e. The summed E-state index contributed by atoms with van der Waals surface area (Å²) in [4.78, 5) is 11.8. The van der Waals surface area contributed by atoms with E-state index in [9.17, 15) is 4.79 Å². The maximum absolute atomic E-state index is 11.8. The number of carbonyl (C=O) groups is 1. The van der Waals surface area contributed by atoms with Crippen molar-refractivity contribution in [1.82, 2.24) is 5.32 Å². The lowest BCUT2D eigenvalue weighted by atomic mass is 10.0. The molecule has 0 heterocycles. The molecule has 0 bridgehead atoms. The predicted octanol–water partition coefficient (Wildman–Crippen LogP) is 2.11. The van der Waals surface area contributed by atoms with Crippen LogP contribution in [0.15, 0.2) is 30.3 Å². The van der Waals surface area contributed by atoms with Crippen molar-refractivity contribution in [3.63, 3.8) is 0 Å². The SMILES string of the molecule is CC(CCc1ccccc1)NC(=O)C(C)CCN. The van der Waals surface area contributed by atoms with Crippen LogP contribution < -0.4 is 11.1 Å². The number of nitrogens with two attached hydrogens (primary N) is 1. The summed E-state index contributed by atoms with van der Waals surface area (Å²) in [6.07, 6.45) is 2.70. The fourth-order valence-electron chi connectivity index (χ4n) is 1.87. The third kappa shape index (κ3) is 5.32. The Labute approximate surface area is 110 Å². The molecule has 0 aliphatic rings. The zero-order chi connectivity index (χ0) is 13.4. The Balaban J connectivity index is 2.29. The number of nitrogens with one attached hydrogen (secondary N) is 1. The quantitative estimate of drug-likeness (QED) is 0.776. The van der Waals surface area contributed by atoms with E-state index in [1.165, 1.54) is 5.56 Å². The van der Waals surface area contributed by atoms with Crippen LogP contribution in [0.25, 0.3) is 0 Å². The topological polar surface area (TPSA) is 55.1 Å². The smallest absolute Gasteiger partial charge is 0.223 e. The summed E-state index contributed by atoms with van der Waals surface area (Å²) in [5.74, 6) is 0.121. The average molecular weight is 248 g/mol. The summed E-state index contributed by atoms with van der Waals surface area (Å²) in [5, 5.41) is 3.04. The zero-order valence-corrected chi connectivity index (χ0v) is 11.4. The summed E-state index contributed by atoms with van der Waals surface area (Å²) in [6, 6.07) is 10.5. The Kier molecular flexibility index (Phi) is 6.44.